The predicted octanol–water partition coefficient (Wildman–Crippen LogP) is 0.975. The summed E-state index contributed by atoms with van der Waals surface area (Å²) in [5.41, 5.74) is -1.95. The Morgan fingerprint density at radius 2 is 1.37 bits per heavy atom. The van der Waals surface area contributed by atoms with Gasteiger partial charge in [0.05, 0.1) is 0 Å². The summed E-state index contributed by atoms with van der Waals surface area (Å²) in [6.45, 7) is 8.72. The van der Waals surface area contributed by atoms with Gasteiger partial charge in [-0.1, -0.05) is 0 Å². The Morgan fingerprint density at radius 3 is 1.70 bits per heavy atom. The average molecular weight is 410 g/mol. The topological polar surface area (TPSA) is 116 Å². The molecule has 0 bridgehead atoms. The lowest BCUT2D eigenvalue weighted by Gasteiger charge is -2.43. The van der Waals surface area contributed by atoms with Crippen molar-refractivity contribution in [2.45, 2.75) is 53.1 Å². The van der Waals surface area contributed by atoms with Crippen LogP contribution in [0.4, 0.5) is 0 Å². The van der Waals surface area contributed by atoms with Crippen LogP contribution < -0.4 is 0 Å². The van der Waals surface area contributed by atoms with Gasteiger partial charge < -0.3 is 32.2 Å². The first kappa shape index (κ1) is 25.5. The third-order valence-corrected chi connectivity index (χ3v) is 6.32. The molecule has 1 atom stereocenters. The van der Waals surface area contributed by atoms with Gasteiger partial charge in [0.2, 0.25) is 0 Å². The molecule has 0 radical (unpaired) electrons. The van der Waals surface area contributed by atoms with Crippen molar-refractivity contribution in [3.8, 4) is 0 Å². The zero-order valence-corrected chi connectivity index (χ0v) is 18.0. The van der Waals surface area contributed by atoms with E-state index in [9.17, 15) is 14.4 Å². The Balaban J connectivity index is 6.59. The number of carbonyl (C=O) groups is 3. The van der Waals surface area contributed by atoms with Crippen molar-refractivity contribution in [1.82, 2.24) is 0 Å². The van der Waals surface area contributed by atoms with E-state index in [1.54, 1.807) is 27.7 Å². The number of hydrogen-bond donors (Lipinski definition) is 0. The quantitative estimate of drug-likeness (QED) is 0.321. The molecule has 0 amide bonds. The minimum atomic E-state index is -4.64. The van der Waals surface area contributed by atoms with Crippen molar-refractivity contribution in [1.29, 1.82) is 0 Å². The Kier molecular flexibility index (Phi) is 11.3. The van der Waals surface area contributed by atoms with Gasteiger partial charge in [0.25, 0.3) is 11.9 Å². The molecule has 0 fully saturated rings. The molecule has 0 aliphatic carbocycles. The van der Waals surface area contributed by atoms with Gasteiger partial charge >= 0.3 is 20.2 Å². The van der Waals surface area contributed by atoms with Gasteiger partial charge in [-0.2, -0.15) is 0 Å². The summed E-state index contributed by atoms with van der Waals surface area (Å²) in [6, 6.07) is 0. The zero-order chi connectivity index (χ0) is 21.1. The summed E-state index contributed by atoms with van der Waals surface area (Å²) in [4.78, 5) is 35.9. The number of rotatable bonds is 13. The first-order valence-electron chi connectivity index (χ1n) is 8.63. The molecule has 0 aliphatic heterocycles. The van der Waals surface area contributed by atoms with Gasteiger partial charge in [0.1, 0.15) is 12.7 Å². The van der Waals surface area contributed by atoms with Crippen molar-refractivity contribution in [3.05, 3.63) is 0 Å². The van der Waals surface area contributed by atoms with E-state index in [-0.39, 0.29) is 19.8 Å². The van der Waals surface area contributed by atoms with Crippen LogP contribution in [-0.2, 0) is 46.6 Å². The van der Waals surface area contributed by atoms with Gasteiger partial charge in [0, 0.05) is 40.8 Å². The maximum absolute atomic E-state index is 12.2. The van der Waals surface area contributed by atoms with Crippen molar-refractivity contribution in [2.75, 3.05) is 33.5 Å². The highest BCUT2D eigenvalue weighted by Gasteiger charge is 2.76. The normalized spacial score (nSPS) is 13.0. The molecule has 10 nitrogen and oxygen atoms in total. The Labute approximate surface area is 160 Å². The molecule has 0 rings (SSSR count). The lowest BCUT2D eigenvalue weighted by molar-refractivity contribution is -0.265. The standard InChI is InChI=1S/C16H30O10Si/c1-8-21-12(4)16(22-9-2,23-10-3)27(24-13(5)17,25-14(6)18)26-15(19)11-20-7/h12H,8-11H2,1-7H3. The molecule has 0 spiro atoms. The van der Waals surface area contributed by atoms with Gasteiger partial charge in [0.15, 0.2) is 0 Å². The zero-order valence-electron chi connectivity index (χ0n) is 17.0. The molecule has 0 heterocycles. The molecule has 11 heteroatoms. The third-order valence-electron chi connectivity index (χ3n) is 3.16. The Morgan fingerprint density at radius 1 is 0.889 bits per heavy atom. The highest BCUT2D eigenvalue weighted by molar-refractivity contribution is 6.68. The second-order valence-electron chi connectivity index (χ2n) is 5.28. The number of carbonyl (C=O) groups excluding carboxylic acids is 3. The van der Waals surface area contributed by atoms with Crippen LogP contribution in [0.25, 0.3) is 0 Å². The van der Waals surface area contributed by atoms with E-state index in [0.717, 1.165) is 13.8 Å². The molecule has 0 aromatic carbocycles. The molecule has 0 aromatic heterocycles. The van der Waals surface area contributed by atoms with Crippen LogP contribution in [0.2, 0.25) is 0 Å². The highest BCUT2D eigenvalue weighted by atomic mass is 28.4. The van der Waals surface area contributed by atoms with Crippen LogP contribution in [0, 0.1) is 0 Å². The van der Waals surface area contributed by atoms with E-state index in [4.69, 9.17) is 32.2 Å². The molecular weight excluding hydrogens is 380 g/mol. The summed E-state index contributed by atoms with van der Waals surface area (Å²) in [5.74, 6) is -2.61. The fourth-order valence-electron chi connectivity index (χ4n) is 2.44. The van der Waals surface area contributed by atoms with Crippen LogP contribution in [0.5, 0.6) is 0 Å². The SMILES string of the molecule is CCOC(C)C(OCC)(OCC)[Si](OC(C)=O)(OC(C)=O)OC(=O)COC. The van der Waals surface area contributed by atoms with E-state index in [2.05, 4.69) is 0 Å². The van der Waals surface area contributed by atoms with Gasteiger partial charge in [-0.15, -0.1) is 0 Å². The first-order chi connectivity index (χ1) is 12.6. The van der Waals surface area contributed by atoms with Gasteiger partial charge in [-0.3, -0.25) is 14.4 Å². The van der Waals surface area contributed by atoms with Crippen LogP contribution in [0.1, 0.15) is 41.5 Å². The predicted molar refractivity (Wildman–Crippen MR) is 94.3 cm³/mol. The minimum absolute atomic E-state index is 0.0660. The highest BCUT2D eigenvalue weighted by Crippen LogP contribution is 2.35. The molecule has 27 heavy (non-hydrogen) atoms. The Bertz CT molecular complexity index is 474. The molecule has 0 aliphatic rings. The monoisotopic (exact) mass is 410 g/mol. The van der Waals surface area contributed by atoms with Crippen molar-refractivity contribution < 1.29 is 46.6 Å². The van der Waals surface area contributed by atoms with Crippen LogP contribution in [0.3, 0.4) is 0 Å². The fraction of sp³-hybridized carbons (Fsp3) is 0.812. The van der Waals surface area contributed by atoms with Gasteiger partial charge in [-0.25, -0.2) is 0 Å². The first-order valence-corrected chi connectivity index (χ1v) is 10.4. The number of methoxy groups -OCH3 is 1. The molecule has 158 valence electrons. The second-order valence-corrected chi connectivity index (χ2v) is 7.70. The van der Waals surface area contributed by atoms with Crippen molar-refractivity contribution >= 4 is 26.7 Å². The second kappa shape index (κ2) is 12.0. The van der Waals surface area contributed by atoms with E-state index < -0.39 is 44.8 Å². The average Bonchev–Trinajstić information content (AvgIpc) is 2.53. The third kappa shape index (κ3) is 6.85. The lowest BCUT2D eigenvalue weighted by atomic mass is 10.3. The number of hydrogen-bond acceptors (Lipinski definition) is 10. The van der Waals surface area contributed by atoms with E-state index in [0.29, 0.717) is 0 Å². The molecule has 0 N–H and O–H groups in total. The van der Waals surface area contributed by atoms with Crippen LogP contribution in [0.15, 0.2) is 0 Å². The molecule has 0 saturated heterocycles. The fourth-order valence-corrected chi connectivity index (χ4v) is 5.33. The maximum Gasteiger partial charge on any atom is 0.771 e. The molecule has 0 aromatic rings. The van der Waals surface area contributed by atoms with Crippen LogP contribution in [-0.4, -0.2) is 71.8 Å². The van der Waals surface area contributed by atoms with Gasteiger partial charge in [-0.05, 0) is 27.7 Å². The Hall–Kier alpha value is -1.53. The smallest absolute Gasteiger partial charge is 0.452 e. The summed E-state index contributed by atoms with van der Waals surface area (Å²) >= 11 is 0. The number of ether oxygens (including phenoxy) is 4. The largest absolute Gasteiger partial charge is 0.771 e. The minimum Gasteiger partial charge on any atom is -0.452 e. The van der Waals surface area contributed by atoms with Crippen molar-refractivity contribution in [2.24, 2.45) is 0 Å². The molecule has 1 unspecified atom stereocenters. The van der Waals surface area contributed by atoms with E-state index in [1.165, 1.54) is 7.11 Å². The summed E-state index contributed by atoms with van der Waals surface area (Å²) in [5, 5.41) is 0. The summed E-state index contributed by atoms with van der Waals surface area (Å²) < 4.78 is 38.0. The van der Waals surface area contributed by atoms with E-state index >= 15 is 0 Å². The lowest BCUT2D eigenvalue weighted by Crippen LogP contribution is -2.74. The molecular formula is C16H30O10Si. The van der Waals surface area contributed by atoms with E-state index in [1.807, 2.05) is 0 Å². The van der Waals surface area contributed by atoms with Crippen LogP contribution >= 0.6 is 0 Å². The summed E-state index contributed by atoms with van der Waals surface area (Å²) in [7, 11) is -3.36. The maximum atomic E-state index is 12.2. The summed E-state index contributed by atoms with van der Waals surface area (Å²) in [6.07, 6.45) is -0.914. The molecule has 0 saturated carbocycles. The van der Waals surface area contributed by atoms with Crippen molar-refractivity contribution in [3.63, 3.8) is 0 Å².